The topological polar surface area (TPSA) is 65.2 Å². The van der Waals surface area contributed by atoms with Gasteiger partial charge in [0.2, 0.25) is 10.0 Å². The van der Waals surface area contributed by atoms with Crippen molar-refractivity contribution in [1.29, 1.82) is 0 Å². The third kappa shape index (κ3) is 2.95. The maximum Gasteiger partial charge on any atom is 0.243 e. The van der Waals surface area contributed by atoms with Crippen molar-refractivity contribution in [3.05, 3.63) is 54.5 Å². The van der Waals surface area contributed by atoms with Crippen molar-refractivity contribution >= 4 is 20.9 Å². The number of fused-ring (bicyclic) bond motifs is 1. The summed E-state index contributed by atoms with van der Waals surface area (Å²) in [7, 11) is -3.51. The van der Waals surface area contributed by atoms with Crippen molar-refractivity contribution in [2.45, 2.75) is 4.90 Å². The fourth-order valence-electron chi connectivity index (χ4n) is 3.20. The van der Waals surface area contributed by atoms with E-state index in [2.05, 4.69) is 10.3 Å². The highest BCUT2D eigenvalue weighted by Gasteiger charge is 2.26. The van der Waals surface area contributed by atoms with Gasteiger partial charge in [-0.2, -0.15) is 4.31 Å². The summed E-state index contributed by atoms with van der Waals surface area (Å²) in [5.41, 5.74) is 2.33. The van der Waals surface area contributed by atoms with Crippen LogP contribution >= 0.6 is 0 Å². The summed E-state index contributed by atoms with van der Waals surface area (Å²) in [4.78, 5) is 3.32. The normalized spacial score (nSPS) is 16.4. The van der Waals surface area contributed by atoms with E-state index in [1.165, 1.54) is 16.4 Å². The highest BCUT2D eigenvalue weighted by Crippen LogP contribution is 2.31. The van der Waals surface area contributed by atoms with Crippen molar-refractivity contribution < 1.29 is 12.8 Å². The first-order valence-corrected chi connectivity index (χ1v) is 9.58. The van der Waals surface area contributed by atoms with Crippen LogP contribution in [-0.2, 0) is 10.0 Å². The van der Waals surface area contributed by atoms with E-state index in [9.17, 15) is 12.8 Å². The van der Waals surface area contributed by atoms with Gasteiger partial charge in [-0.25, -0.2) is 12.8 Å². The number of nitrogens with zero attached hydrogens (tertiary/aromatic N) is 1. The summed E-state index contributed by atoms with van der Waals surface area (Å²) < 4.78 is 40.6. The van der Waals surface area contributed by atoms with Crippen LogP contribution in [-0.4, -0.2) is 43.9 Å². The second kappa shape index (κ2) is 6.25. The van der Waals surface area contributed by atoms with Crippen molar-refractivity contribution in [2.24, 2.45) is 0 Å². The Bertz CT molecular complexity index is 1020. The van der Waals surface area contributed by atoms with E-state index in [0.717, 1.165) is 16.5 Å². The molecule has 1 aromatic heterocycles. The van der Waals surface area contributed by atoms with Gasteiger partial charge in [0.1, 0.15) is 5.82 Å². The number of hydrogen-bond donors (Lipinski definition) is 2. The fourth-order valence-corrected chi connectivity index (χ4v) is 4.68. The lowest BCUT2D eigenvalue weighted by molar-refractivity contribution is 0.360. The Labute approximate surface area is 145 Å². The maximum absolute atomic E-state index is 13.4. The molecule has 1 aliphatic rings. The van der Waals surface area contributed by atoms with Gasteiger partial charge in [0.25, 0.3) is 0 Å². The Morgan fingerprint density at radius 1 is 1.04 bits per heavy atom. The lowest BCUT2D eigenvalue weighted by atomic mass is 10.1. The molecule has 0 atom stereocenters. The van der Waals surface area contributed by atoms with Crippen molar-refractivity contribution in [1.82, 2.24) is 14.6 Å². The molecule has 0 radical (unpaired) electrons. The summed E-state index contributed by atoms with van der Waals surface area (Å²) >= 11 is 0. The second-order valence-corrected chi connectivity index (χ2v) is 8.01. The second-order valence-electron chi connectivity index (χ2n) is 6.07. The molecule has 3 aromatic rings. The summed E-state index contributed by atoms with van der Waals surface area (Å²) in [6.45, 7) is 2.26. The smallest absolute Gasteiger partial charge is 0.243 e. The van der Waals surface area contributed by atoms with Crippen LogP contribution in [0.4, 0.5) is 4.39 Å². The van der Waals surface area contributed by atoms with E-state index >= 15 is 0 Å². The van der Waals surface area contributed by atoms with Crippen LogP contribution in [0.25, 0.3) is 22.0 Å². The minimum absolute atomic E-state index is 0.281. The number of H-pyrrole nitrogens is 1. The highest BCUT2D eigenvalue weighted by molar-refractivity contribution is 7.89. The van der Waals surface area contributed by atoms with Gasteiger partial charge >= 0.3 is 0 Å². The summed E-state index contributed by atoms with van der Waals surface area (Å²) in [6.07, 6.45) is 1.78. The van der Waals surface area contributed by atoms with Crippen LogP contribution in [0, 0.1) is 5.82 Å². The maximum atomic E-state index is 13.4. The van der Waals surface area contributed by atoms with E-state index in [1.807, 2.05) is 6.07 Å². The van der Waals surface area contributed by atoms with Crippen LogP contribution in [0.2, 0.25) is 0 Å². The van der Waals surface area contributed by atoms with Gasteiger partial charge in [0.15, 0.2) is 0 Å². The molecule has 1 aliphatic heterocycles. The molecule has 0 bridgehead atoms. The van der Waals surface area contributed by atoms with E-state index < -0.39 is 10.0 Å². The molecule has 2 aromatic carbocycles. The molecule has 7 heteroatoms. The molecule has 0 saturated carbocycles. The van der Waals surface area contributed by atoms with Crippen LogP contribution in [0.3, 0.4) is 0 Å². The van der Waals surface area contributed by atoms with Gasteiger partial charge in [-0.05, 0) is 35.9 Å². The van der Waals surface area contributed by atoms with Gasteiger partial charge in [-0.1, -0.05) is 12.1 Å². The molecular formula is C18H18FN3O2S. The molecule has 130 valence electrons. The number of piperazine rings is 1. The predicted molar refractivity (Wildman–Crippen MR) is 95.3 cm³/mol. The number of hydrogen-bond acceptors (Lipinski definition) is 3. The number of nitrogens with one attached hydrogen (secondary N) is 2. The molecule has 2 heterocycles. The summed E-state index contributed by atoms with van der Waals surface area (Å²) in [5, 5.41) is 4.02. The molecule has 0 aliphatic carbocycles. The minimum Gasteiger partial charge on any atom is -0.360 e. The molecule has 1 saturated heterocycles. The van der Waals surface area contributed by atoms with Crippen molar-refractivity contribution in [3.8, 4) is 11.1 Å². The van der Waals surface area contributed by atoms with Crippen LogP contribution in [0.1, 0.15) is 0 Å². The lowest BCUT2D eigenvalue weighted by Gasteiger charge is -2.26. The Kier molecular flexibility index (Phi) is 4.07. The van der Waals surface area contributed by atoms with Gasteiger partial charge in [0.05, 0.1) is 4.90 Å². The van der Waals surface area contributed by atoms with Gasteiger partial charge in [-0.3, -0.25) is 0 Å². The van der Waals surface area contributed by atoms with E-state index in [4.69, 9.17) is 0 Å². The first-order valence-electron chi connectivity index (χ1n) is 8.14. The molecule has 0 amide bonds. The Morgan fingerprint density at radius 2 is 1.84 bits per heavy atom. The average Bonchev–Trinajstić information content (AvgIpc) is 3.05. The zero-order valence-electron chi connectivity index (χ0n) is 13.5. The number of sulfonamides is 1. The van der Waals surface area contributed by atoms with Crippen LogP contribution < -0.4 is 5.32 Å². The van der Waals surface area contributed by atoms with E-state index in [0.29, 0.717) is 31.7 Å². The van der Waals surface area contributed by atoms with Gasteiger partial charge < -0.3 is 10.3 Å². The molecule has 1 fully saturated rings. The third-order valence-electron chi connectivity index (χ3n) is 4.50. The number of aromatic amines is 1. The molecule has 0 unspecified atom stereocenters. The SMILES string of the molecule is O=S(=O)(c1cccc(-c2c[nH]c3cc(F)ccc23)c1)N1CCNCC1. The third-order valence-corrected chi connectivity index (χ3v) is 6.40. The molecule has 4 rings (SSSR count). The van der Waals surface area contributed by atoms with Crippen LogP contribution in [0.15, 0.2) is 53.6 Å². The Hall–Kier alpha value is -2.22. The highest BCUT2D eigenvalue weighted by atomic mass is 32.2. The zero-order chi connectivity index (χ0) is 17.4. The summed E-state index contributed by atoms with van der Waals surface area (Å²) in [5.74, 6) is -0.309. The standard InChI is InChI=1S/C18H18FN3O2S/c19-14-4-5-16-17(12-21-18(16)11-14)13-2-1-3-15(10-13)25(23,24)22-8-6-20-7-9-22/h1-5,10-12,20-21H,6-9H2. The van der Waals surface area contributed by atoms with E-state index in [1.54, 1.807) is 30.5 Å². The zero-order valence-corrected chi connectivity index (χ0v) is 14.3. The molecule has 0 spiro atoms. The Morgan fingerprint density at radius 3 is 2.64 bits per heavy atom. The number of aromatic nitrogens is 1. The monoisotopic (exact) mass is 359 g/mol. The van der Waals surface area contributed by atoms with Crippen molar-refractivity contribution in [2.75, 3.05) is 26.2 Å². The predicted octanol–water partition coefficient (Wildman–Crippen LogP) is 2.57. The van der Waals surface area contributed by atoms with Crippen molar-refractivity contribution in [3.63, 3.8) is 0 Å². The first kappa shape index (κ1) is 16.3. The number of benzene rings is 2. The van der Waals surface area contributed by atoms with Gasteiger partial charge in [0, 0.05) is 48.8 Å². The van der Waals surface area contributed by atoms with Crippen LogP contribution in [0.5, 0.6) is 0 Å². The quantitative estimate of drug-likeness (QED) is 0.755. The largest absolute Gasteiger partial charge is 0.360 e. The molecule has 2 N–H and O–H groups in total. The average molecular weight is 359 g/mol. The van der Waals surface area contributed by atoms with Gasteiger partial charge in [-0.15, -0.1) is 0 Å². The minimum atomic E-state index is -3.51. The molecule has 5 nitrogen and oxygen atoms in total. The lowest BCUT2D eigenvalue weighted by Crippen LogP contribution is -2.46. The summed E-state index contributed by atoms with van der Waals surface area (Å²) in [6, 6.07) is 11.4. The fraction of sp³-hybridized carbons (Fsp3) is 0.222. The van der Waals surface area contributed by atoms with E-state index in [-0.39, 0.29) is 10.7 Å². The molecular weight excluding hydrogens is 341 g/mol. The Balaban J connectivity index is 1.76. The number of rotatable bonds is 3. The molecule has 25 heavy (non-hydrogen) atoms. The number of halogens is 1. The first-order chi connectivity index (χ1) is 12.1.